The molecule has 7 heteroatoms. The number of hydrazine groups is 1. The van der Waals surface area contributed by atoms with Gasteiger partial charge in [0.1, 0.15) is 0 Å². The summed E-state index contributed by atoms with van der Waals surface area (Å²) in [5.41, 5.74) is 3.46. The zero-order valence-electron chi connectivity index (χ0n) is 6.48. The average molecular weight is 369 g/mol. The number of nitrogen functional groups attached to an aromatic ring is 1. The van der Waals surface area contributed by atoms with E-state index in [0.717, 1.165) is 5.69 Å². The van der Waals surface area contributed by atoms with Crippen molar-refractivity contribution in [2.75, 3.05) is 5.43 Å². The van der Waals surface area contributed by atoms with Crippen molar-refractivity contribution in [3.05, 3.63) is 30.3 Å². The van der Waals surface area contributed by atoms with Crippen molar-refractivity contribution in [2.45, 2.75) is 0 Å². The second-order valence-electron chi connectivity index (χ2n) is 1.94. The van der Waals surface area contributed by atoms with Crippen LogP contribution < -0.4 is 11.3 Å². The molecule has 0 saturated carbocycles. The van der Waals surface area contributed by atoms with Crippen molar-refractivity contribution in [1.29, 1.82) is 0 Å². The molecule has 1 aromatic rings. The fourth-order valence-corrected chi connectivity index (χ4v) is 0.534. The first-order valence-electron chi connectivity index (χ1n) is 3.21. The Hall–Kier alpha value is 0.939. The van der Waals surface area contributed by atoms with E-state index in [1.54, 1.807) is 0 Å². The second-order valence-corrected chi connectivity index (χ2v) is 27.4. The maximum absolute atomic E-state index is 5.10. The van der Waals surface area contributed by atoms with E-state index >= 15 is 0 Å². The van der Waals surface area contributed by atoms with Crippen LogP contribution in [0.5, 0.6) is 0 Å². The van der Waals surface area contributed by atoms with Crippen LogP contribution in [0.3, 0.4) is 0 Å². The molecule has 0 aromatic heterocycles. The van der Waals surface area contributed by atoms with Crippen LogP contribution in [0, 0.1) is 0 Å². The summed E-state index contributed by atoms with van der Waals surface area (Å²) in [6.45, 7) is 0. The monoisotopic (exact) mass is 368 g/mol. The van der Waals surface area contributed by atoms with Crippen molar-refractivity contribution >= 4 is 55.2 Å². The summed E-state index contributed by atoms with van der Waals surface area (Å²) in [7, 11) is 20.1. The molecule has 0 aliphatic heterocycles. The van der Waals surface area contributed by atoms with Gasteiger partial charge in [-0.15, -0.1) is 0 Å². The van der Waals surface area contributed by atoms with E-state index in [-0.39, 0.29) is 0 Å². The Labute approximate surface area is 96.0 Å². The summed E-state index contributed by atoms with van der Waals surface area (Å²) >= 11 is -3.29. The molecule has 0 atom stereocenters. The summed E-state index contributed by atoms with van der Waals surface area (Å²) < 4.78 is 0. The van der Waals surface area contributed by atoms with Gasteiger partial charge in [0.15, 0.2) is 0 Å². The molecule has 1 rings (SSSR count). The molecule has 13 heavy (non-hydrogen) atoms. The van der Waals surface area contributed by atoms with E-state index in [1.807, 2.05) is 30.3 Å². The molecule has 0 amide bonds. The van der Waals surface area contributed by atoms with Crippen molar-refractivity contribution < 1.29 is 0 Å². The van der Waals surface area contributed by atoms with Crippen LogP contribution in [-0.2, 0) is 0 Å². The molecule has 2 nitrogen and oxygen atoms in total. The van der Waals surface area contributed by atoms with E-state index in [9.17, 15) is 0 Å². The first kappa shape index (κ1) is 13.9. The van der Waals surface area contributed by atoms with Crippen molar-refractivity contribution in [3.8, 4) is 0 Å². The molecule has 0 aliphatic carbocycles. The van der Waals surface area contributed by atoms with Crippen LogP contribution in [0.25, 0.3) is 0 Å². The zero-order valence-corrected chi connectivity index (χ0v) is 12.4. The van der Waals surface area contributed by atoms with Crippen LogP contribution in [0.2, 0.25) is 0 Å². The molecule has 1 aromatic carbocycles. The van der Waals surface area contributed by atoms with E-state index in [0.29, 0.717) is 0 Å². The Morgan fingerprint density at radius 1 is 1.00 bits per heavy atom. The molecular formula is C6H8Cl4N2Sn. The average Bonchev–Trinajstić information content (AvgIpc) is 2.03. The number of nitrogens with one attached hydrogen (secondary N) is 1. The van der Waals surface area contributed by atoms with Crippen molar-refractivity contribution in [1.82, 2.24) is 0 Å². The van der Waals surface area contributed by atoms with Gasteiger partial charge in [-0.1, -0.05) is 18.2 Å². The van der Waals surface area contributed by atoms with Gasteiger partial charge in [0, 0.05) is 5.69 Å². The van der Waals surface area contributed by atoms with Crippen molar-refractivity contribution in [3.63, 3.8) is 0 Å². The molecule has 0 heterocycles. The second kappa shape index (κ2) is 7.26. The number of rotatable bonds is 1. The first-order valence-corrected chi connectivity index (χ1v) is 17.7. The van der Waals surface area contributed by atoms with Gasteiger partial charge in [-0.25, -0.2) is 0 Å². The van der Waals surface area contributed by atoms with Crippen LogP contribution in [0.4, 0.5) is 5.69 Å². The number of nitrogens with two attached hydrogens (primary N) is 1. The van der Waals surface area contributed by atoms with E-state index in [2.05, 4.69) is 5.43 Å². The molecule has 3 N–H and O–H groups in total. The van der Waals surface area contributed by atoms with E-state index < -0.39 is 13.9 Å². The van der Waals surface area contributed by atoms with Gasteiger partial charge in [0.25, 0.3) is 0 Å². The fraction of sp³-hybridized carbons (Fsp3) is 0. The third-order valence-electron chi connectivity index (χ3n) is 0.940. The summed E-state index contributed by atoms with van der Waals surface area (Å²) in [6.07, 6.45) is 0. The Balaban J connectivity index is 0.000000252. The molecule has 0 bridgehead atoms. The fourth-order valence-electron chi connectivity index (χ4n) is 0.534. The summed E-state index contributed by atoms with van der Waals surface area (Å²) in [5.74, 6) is 5.10. The predicted molar refractivity (Wildman–Crippen MR) is 63.4 cm³/mol. The quantitative estimate of drug-likeness (QED) is 0.453. The minimum atomic E-state index is -3.29. The van der Waals surface area contributed by atoms with Crippen molar-refractivity contribution in [2.24, 2.45) is 5.84 Å². The van der Waals surface area contributed by atoms with Crippen LogP contribution in [0.1, 0.15) is 0 Å². The normalized spacial score (nSPS) is 9.92. The molecule has 0 radical (unpaired) electrons. The molecule has 0 aliphatic rings. The molecular weight excluding hydrogens is 361 g/mol. The van der Waals surface area contributed by atoms with Gasteiger partial charge >= 0.3 is 49.6 Å². The van der Waals surface area contributed by atoms with Crippen LogP contribution in [0.15, 0.2) is 30.3 Å². The summed E-state index contributed by atoms with van der Waals surface area (Å²) in [5, 5.41) is 0. The third-order valence-corrected chi connectivity index (χ3v) is 0.940. The van der Waals surface area contributed by atoms with E-state index in [1.165, 1.54) is 0 Å². The molecule has 0 unspecified atom stereocenters. The van der Waals surface area contributed by atoms with Gasteiger partial charge in [-0.2, -0.15) is 0 Å². The van der Waals surface area contributed by atoms with Gasteiger partial charge in [-0.3, -0.25) is 5.84 Å². The molecule has 0 fully saturated rings. The Kier molecular flexibility index (Phi) is 7.78. The predicted octanol–water partition coefficient (Wildman–Crippen LogP) is 3.35. The molecule has 0 saturated heterocycles. The van der Waals surface area contributed by atoms with Crippen LogP contribution in [-0.4, -0.2) is 13.9 Å². The van der Waals surface area contributed by atoms with Gasteiger partial charge in [0.2, 0.25) is 0 Å². The van der Waals surface area contributed by atoms with Gasteiger partial charge in [0.05, 0.1) is 0 Å². The topological polar surface area (TPSA) is 38.0 Å². The number of benzene rings is 1. The number of anilines is 1. The summed E-state index contributed by atoms with van der Waals surface area (Å²) in [6, 6.07) is 9.60. The number of para-hydroxylation sites is 1. The SMILES string of the molecule is NNc1ccccc1.[Cl][Sn]([Cl])([Cl])[Cl]. The minimum absolute atomic E-state index is 0.938. The Bertz CT molecular complexity index is 220. The number of hydrogen-bond donors (Lipinski definition) is 2. The molecule has 0 spiro atoms. The Morgan fingerprint density at radius 3 is 1.62 bits per heavy atom. The standard InChI is InChI=1S/C6H8N2.4ClH.Sn/c7-8-6-4-2-1-3-5-6;;;;;/h1-5,8H,7H2;4*1H;/q;;;;;+4/p-4. The number of halogens is 4. The maximum atomic E-state index is 5.10. The first-order chi connectivity index (χ1) is 5.93. The third kappa shape index (κ3) is 12.9. The van der Waals surface area contributed by atoms with E-state index in [4.69, 9.17) is 41.5 Å². The van der Waals surface area contributed by atoms with Gasteiger partial charge < -0.3 is 5.43 Å². The van der Waals surface area contributed by atoms with Crippen LogP contribution >= 0.6 is 35.7 Å². The summed E-state index contributed by atoms with van der Waals surface area (Å²) in [4.78, 5) is 0. The Morgan fingerprint density at radius 2 is 1.38 bits per heavy atom. The number of hydrogen-bond acceptors (Lipinski definition) is 2. The zero-order chi connectivity index (χ0) is 10.3. The molecule has 74 valence electrons. The van der Waals surface area contributed by atoms with Gasteiger partial charge in [-0.05, 0) is 12.1 Å².